The molecule has 1 atom stereocenters. The zero-order valence-corrected chi connectivity index (χ0v) is 11.1. The van der Waals surface area contributed by atoms with Crippen molar-refractivity contribution in [3.05, 3.63) is 0 Å². The quantitative estimate of drug-likeness (QED) is 0.655. The average Bonchev–Trinajstić information content (AvgIpc) is 2.25. The van der Waals surface area contributed by atoms with Crippen LogP contribution in [0.5, 0.6) is 0 Å². The molecule has 1 aliphatic heterocycles. The molecule has 0 aliphatic carbocycles. The molecule has 1 aliphatic rings. The van der Waals surface area contributed by atoms with E-state index in [0.29, 0.717) is 19.6 Å². The number of carbonyl (C=O) groups is 1. The molecule has 5 heteroatoms. The van der Waals surface area contributed by atoms with Crippen LogP contribution in [-0.4, -0.2) is 47.2 Å². The number of rotatable bonds is 1. The van der Waals surface area contributed by atoms with E-state index >= 15 is 0 Å². The predicted molar refractivity (Wildman–Crippen MR) is 64.2 cm³/mol. The highest BCUT2D eigenvalue weighted by atomic mass is 16.6. The summed E-state index contributed by atoms with van der Waals surface area (Å²) in [4.78, 5) is 15.3. The third kappa shape index (κ3) is 3.81. The van der Waals surface area contributed by atoms with Gasteiger partial charge in [0, 0.05) is 19.6 Å². The maximum Gasteiger partial charge on any atom is 0.410 e. The monoisotopic (exact) mass is 239 g/mol. The first kappa shape index (κ1) is 13.6. The van der Waals surface area contributed by atoms with Crippen LogP contribution in [0.1, 0.15) is 34.1 Å². The molecular weight excluding hydrogens is 218 g/mol. The van der Waals surface area contributed by atoms with Gasteiger partial charge in [0.25, 0.3) is 0 Å². The van der Waals surface area contributed by atoms with E-state index in [4.69, 9.17) is 10.00 Å². The van der Waals surface area contributed by atoms with Crippen LogP contribution in [0.2, 0.25) is 0 Å². The van der Waals surface area contributed by atoms with Crippen LogP contribution in [-0.2, 0) is 4.74 Å². The zero-order valence-electron chi connectivity index (χ0n) is 11.1. The number of hydrogen-bond acceptors (Lipinski definition) is 4. The van der Waals surface area contributed by atoms with Crippen molar-refractivity contribution in [3.8, 4) is 6.19 Å². The number of nitriles is 1. The summed E-state index contributed by atoms with van der Waals surface area (Å²) in [5, 5.41) is 8.95. The zero-order chi connectivity index (χ0) is 13.1. The average molecular weight is 239 g/mol. The molecular formula is C12H21N3O2. The molecule has 1 rings (SSSR count). The third-order valence-electron chi connectivity index (χ3n) is 2.73. The first-order chi connectivity index (χ1) is 7.87. The molecule has 1 unspecified atom stereocenters. The Kier molecular flexibility index (Phi) is 4.22. The Balaban J connectivity index is 2.58. The van der Waals surface area contributed by atoms with Crippen LogP contribution in [0.3, 0.4) is 0 Å². The van der Waals surface area contributed by atoms with Crippen LogP contribution >= 0.6 is 0 Å². The number of nitrogens with zero attached hydrogens (tertiary/aromatic N) is 3. The van der Waals surface area contributed by atoms with E-state index < -0.39 is 5.60 Å². The molecule has 0 aromatic rings. The second kappa shape index (κ2) is 5.26. The van der Waals surface area contributed by atoms with Crippen molar-refractivity contribution in [2.24, 2.45) is 0 Å². The van der Waals surface area contributed by atoms with Gasteiger partial charge in [-0.05, 0) is 27.2 Å². The van der Waals surface area contributed by atoms with Crippen molar-refractivity contribution in [1.82, 2.24) is 9.80 Å². The molecule has 1 fully saturated rings. The van der Waals surface area contributed by atoms with Crippen molar-refractivity contribution >= 4 is 6.09 Å². The smallest absolute Gasteiger partial charge is 0.410 e. The third-order valence-corrected chi connectivity index (χ3v) is 2.73. The van der Waals surface area contributed by atoms with E-state index in [9.17, 15) is 4.79 Å². The first-order valence-corrected chi connectivity index (χ1v) is 6.01. The highest BCUT2D eigenvalue weighted by molar-refractivity contribution is 5.68. The minimum atomic E-state index is -0.467. The maximum atomic E-state index is 11.9. The molecule has 0 aromatic heterocycles. The first-order valence-electron chi connectivity index (χ1n) is 6.01. The van der Waals surface area contributed by atoms with Crippen LogP contribution < -0.4 is 0 Å². The largest absolute Gasteiger partial charge is 0.444 e. The van der Waals surface area contributed by atoms with Crippen molar-refractivity contribution in [1.29, 1.82) is 5.26 Å². The standard InChI is InChI=1S/C12H21N3O2/c1-5-10-8-14(6-7-15(10)9-13)11(16)17-12(2,3)4/h10H,5-8H2,1-4H3. The lowest BCUT2D eigenvalue weighted by molar-refractivity contribution is 0.0106. The summed E-state index contributed by atoms with van der Waals surface area (Å²) in [7, 11) is 0. The molecule has 1 heterocycles. The van der Waals surface area contributed by atoms with E-state index in [1.165, 1.54) is 0 Å². The van der Waals surface area contributed by atoms with E-state index in [1.54, 1.807) is 9.80 Å². The van der Waals surface area contributed by atoms with Gasteiger partial charge in [0.2, 0.25) is 0 Å². The summed E-state index contributed by atoms with van der Waals surface area (Å²) in [5.74, 6) is 0. The number of amides is 1. The topological polar surface area (TPSA) is 56.6 Å². The lowest BCUT2D eigenvalue weighted by atomic mass is 10.1. The van der Waals surface area contributed by atoms with Crippen molar-refractivity contribution < 1.29 is 9.53 Å². The van der Waals surface area contributed by atoms with E-state index in [-0.39, 0.29) is 12.1 Å². The van der Waals surface area contributed by atoms with Gasteiger partial charge in [-0.25, -0.2) is 4.79 Å². The summed E-state index contributed by atoms with van der Waals surface area (Å²) in [6.07, 6.45) is 2.74. The van der Waals surface area contributed by atoms with Crippen LogP contribution in [0.4, 0.5) is 4.79 Å². The van der Waals surface area contributed by atoms with E-state index in [0.717, 1.165) is 6.42 Å². The molecule has 0 spiro atoms. The molecule has 0 N–H and O–H groups in total. The number of carbonyl (C=O) groups excluding carboxylic acids is 1. The summed E-state index contributed by atoms with van der Waals surface area (Å²) >= 11 is 0. The molecule has 1 saturated heterocycles. The molecule has 0 saturated carbocycles. The van der Waals surface area contributed by atoms with Crippen molar-refractivity contribution in [2.75, 3.05) is 19.6 Å². The van der Waals surface area contributed by atoms with Crippen LogP contribution in [0, 0.1) is 11.5 Å². The lowest BCUT2D eigenvalue weighted by Crippen LogP contribution is -2.53. The molecule has 0 bridgehead atoms. The Morgan fingerprint density at radius 2 is 2.12 bits per heavy atom. The lowest BCUT2D eigenvalue weighted by Gasteiger charge is -2.38. The fraction of sp³-hybridized carbons (Fsp3) is 0.833. The van der Waals surface area contributed by atoms with Gasteiger partial charge in [-0.1, -0.05) is 6.92 Å². The molecule has 17 heavy (non-hydrogen) atoms. The summed E-state index contributed by atoms with van der Waals surface area (Å²) in [6, 6.07) is 0.112. The fourth-order valence-electron chi connectivity index (χ4n) is 1.83. The van der Waals surface area contributed by atoms with E-state index in [2.05, 4.69) is 6.19 Å². The molecule has 0 radical (unpaired) electrons. The van der Waals surface area contributed by atoms with Crippen molar-refractivity contribution in [2.45, 2.75) is 45.8 Å². The molecule has 1 amide bonds. The summed E-state index contributed by atoms with van der Waals surface area (Å²) < 4.78 is 5.32. The predicted octanol–water partition coefficient (Wildman–Crippen LogP) is 1.80. The van der Waals surface area contributed by atoms with Gasteiger partial charge < -0.3 is 14.5 Å². The maximum absolute atomic E-state index is 11.9. The Hall–Kier alpha value is -1.44. The Labute approximate surface area is 103 Å². The summed E-state index contributed by atoms with van der Waals surface area (Å²) in [5.41, 5.74) is -0.467. The van der Waals surface area contributed by atoms with Crippen molar-refractivity contribution in [3.63, 3.8) is 0 Å². The van der Waals surface area contributed by atoms with Crippen LogP contribution in [0.25, 0.3) is 0 Å². The highest BCUT2D eigenvalue weighted by Gasteiger charge is 2.30. The second-order valence-corrected chi connectivity index (χ2v) is 5.28. The number of ether oxygens (including phenoxy) is 1. The Morgan fingerprint density at radius 3 is 2.59 bits per heavy atom. The summed E-state index contributed by atoms with van der Waals surface area (Å²) in [6.45, 7) is 9.30. The van der Waals surface area contributed by atoms with Gasteiger partial charge in [-0.2, -0.15) is 5.26 Å². The normalized spacial score (nSPS) is 21.0. The molecule has 0 aromatic carbocycles. The minimum absolute atomic E-state index is 0.112. The second-order valence-electron chi connectivity index (χ2n) is 5.28. The highest BCUT2D eigenvalue weighted by Crippen LogP contribution is 2.15. The molecule has 5 nitrogen and oxygen atoms in total. The van der Waals surface area contributed by atoms with Gasteiger partial charge in [0.05, 0.1) is 6.04 Å². The van der Waals surface area contributed by atoms with Crippen LogP contribution in [0.15, 0.2) is 0 Å². The minimum Gasteiger partial charge on any atom is -0.444 e. The van der Waals surface area contributed by atoms with Gasteiger partial charge in [-0.3, -0.25) is 0 Å². The van der Waals surface area contributed by atoms with E-state index in [1.807, 2.05) is 27.7 Å². The Morgan fingerprint density at radius 1 is 1.47 bits per heavy atom. The van der Waals surface area contributed by atoms with Gasteiger partial charge in [0.1, 0.15) is 5.60 Å². The van der Waals surface area contributed by atoms with Gasteiger partial charge in [0.15, 0.2) is 6.19 Å². The SMILES string of the molecule is CCC1CN(C(=O)OC(C)(C)C)CCN1C#N. The number of hydrogen-bond donors (Lipinski definition) is 0. The Bertz CT molecular complexity index is 317. The fourth-order valence-corrected chi connectivity index (χ4v) is 1.83. The molecule has 96 valence electrons. The van der Waals surface area contributed by atoms with Gasteiger partial charge in [-0.15, -0.1) is 0 Å². The van der Waals surface area contributed by atoms with Gasteiger partial charge >= 0.3 is 6.09 Å². The number of piperazine rings is 1.